The highest BCUT2D eigenvalue weighted by atomic mass is 32.1. The Morgan fingerprint density at radius 1 is 1.47 bits per heavy atom. The van der Waals surface area contributed by atoms with Gasteiger partial charge in [0.25, 0.3) is 0 Å². The summed E-state index contributed by atoms with van der Waals surface area (Å²) in [5, 5.41) is 7.97. The highest BCUT2D eigenvalue weighted by molar-refractivity contribution is 7.80. The number of anilines is 1. The summed E-state index contributed by atoms with van der Waals surface area (Å²) >= 11 is 5.14. The van der Waals surface area contributed by atoms with Crippen molar-refractivity contribution in [2.24, 2.45) is 18.7 Å². The maximum atomic E-state index is 5.85. The van der Waals surface area contributed by atoms with Crippen LogP contribution in [0.15, 0.2) is 0 Å². The highest BCUT2D eigenvalue weighted by Crippen LogP contribution is 2.39. The second kappa shape index (κ2) is 4.76. The van der Waals surface area contributed by atoms with Gasteiger partial charge < -0.3 is 15.8 Å². The summed E-state index contributed by atoms with van der Waals surface area (Å²) in [7, 11) is 1.92. The van der Waals surface area contributed by atoms with Gasteiger partial charge in [0.1, 0.15) is 10.8 Å². The van der Waals surface area contributed by atoms with E-state index in [4.69, 9.17) is 22.7 Å². The second-order valence-electron chi connectivity index (χ2n) is 5.51. The van der Waals surface area contributed by atoms with Crippen molar-refractivity contribution in [2.45, 2.75) is 38.3 Å². The van der Waals surface area contributed by atoms with Gasteiger partial charge in [-0.25, -0.2) is 0 Å². The normalized spacial score (nSPS) is 26.6. The van der Waals surface area contributed by atoms with E-state index in [1.807, 2.05) is 18.7 Å². The molecule has 2 heterocycles. The molecule has 0 amide bonds. The topological polar surface area (TPSA) is 65.1 Å². The maximum absolute atomic E-state index is 5.85. The Morgan fingerprint density at radius 2 is 2.21 bits per heavy atom. The summed E-state index contributed by atoms with van der Waals surface area (Å²) in [6, 6.07) is 0.343. The number of nitrogens with one attached hydrogen (secondary N) is 1. The van der Waals surface area contributed by atoms with Crippen LogP contribution in [-0.2, 0) is 11.8 Å². The molecule has 1 saturated heterocycles. The van der Waals surface area contributed by atoms with Gasteiger partial charge in [-0.15, -0.1) is 0 Å². The third kappa shape index (κ3) is 2.34. The van der Waals surface area contributed by atoms with Crippen LogP contribution in [0.25, 0.3) is 0 Å². The number of rotatable bonds is 4. The molecule has 2 fully saturated rings. The quantitative estimate of drug-likeness (QED) is 0.815. The standard InChI is InChI=1S/C13H20N4OS/c1-7-10(12(14)19)13(17(2)16-7)15-9-5-6-18-11(9)8-3-4-8/h8-9,11,15H,3-6H2,1-2H3,(H2,14,19). The molecule has 2 unspecified atom stereocenters. The monoisotopic (exact) mass is 280 g/mol. The summed E-state index contributed by atoms with van der Waals surface area (Å²) in [5.41, 5.74) is 7.55. The summed E-state index contributed by atoms with van der Waals surface area (Å²) in [6.45, 7) is 2.77. The molecule has 0 aromatic carbocycles. The van der Waals surface area contributed by atoms with E-state index in [9.17, 15) is 0 Å². The number of ether oxygens (including phenoxy) is 1. The molecule has 0 bridgehead atoms. The number of hydrogen-bond donors (Lipinski definition) is 2. The zero-order chi connectivity index (χ0) is 13.6. The van der Waals surface area contributed by atoms with Crippen molar-refractivity contribution < 1.29 is 4.74 Å². The van der Waals surface area contributed by atoms with Crippen molar-refractivity contribution >= 4 is 23.0 Å². The Morgan fingerprint density at radius 3 is 2.84 bits per heavy atom. The van der Waals surface area contributed by atoms with E-state index in [2.05, 4.69) is 10.4 Å². The van der Waals surface area contributed by atoms with Gasteiger partial charge >= 0.3 is 0 Å². The molecule has 19 heavy (non-hydrogen) atoms. The lowest BCUT2D eigenvalue weighted by molar-refractivity contribution is 0.0897. The molecule has 2 atom stereocenters. The predicted octanol–water partition coefficient (Wildman–Crippen LogP) is 1.34. The van der Waals surface area contributed by atoms with Crippen LogP contribution in [0.4, 0.5) is 5.82 Å². The van der Waals surface area contributed by atoms with E-state index in [1.165, 1.54) is 12.8 Å². The Kier molecular flexibility index (Phi) is 3.22. The number of aromatic nitrogens is 2. The van der Waals surface area contributed by atoms with E-state index in [0.717, 1.165) is 36.0 Å². The molecule has 3 N–H and O–H groups in total. The van der Waals surface area contributed by atoms with Gasteiger partial charge in [0.2, 0.25) is 0 Å². The highest BCUT2D eigenvalue weighted by Gasteiger charge is 2.41. The number of nitrogens with two attached hydrogens (primary N) is 1. The number of aryl methyl sites for hydroxylation is 2. The Labute approximate surface area is 118 Å². The van der Waals surface area contributed by atoms with Crippen molar-refractivity contribution in [3.8, 4) is 0 Å². The van der Waals surface area contributed by atoms with Gasteiger partial charge in [-0.3, -0.25) is 4.68 Å². The van der Waals surface area contributed by atoms with Crippen LogP contribution < -0.4 is 11.1 Å². The van der Waals surface area contributed by atoms with Crippen molar-refractivity contribution in [1.29, 1.82) is 0 Å². The molecule has 0 spiro atoms. The molecule has 1 saturated carbocycles. The van der Waals surface area contributed by atoms with Gasteiger partial charge in [-0.1, -0.05) is 12.2 Å². The Bertz CT molecular complexity index is 509. The molecule has 5 nitrogen and oxygen atoms in total. The van der Waals surface area contributed by atoms with Crippen molar-refractivity contribution in [2.75, 3.05) is 11.9 Å². The number of thiocarbonyl (C=S) groups is 1. The zero-order valence-corrected chi connectivity index (χ0v) is 12.2. The van der Waals surface area contributed by atoms with Crippen molar-refractivity contribution in [1.82, 2.24) is 9.78 Å². The third-order valence-electron chi connectivity index (χ3n) is 4.01. The minimum atomic E-state index is 0.328. The largest absolute Gasteiger partial charge is 0.389 e. The summed E-state index contributed by atoms with van der Waals surface area (Å²) in [4.78, 5) is 0.398. The lowest BCUT2D eigenvalue weighted by Gasteiger charge is -2.21. The molecule has 1 aromatic heterocycles. The molecular formula is C13H20N4OS. The van der Waals surface area contributed by atoms with Crippen molar-refractivity contribution in [3.05, 3.63) is 11.3 Å². The number of nitrogens with zero attached hydrogens (tertiary/aromatic N) is 2. The fourth-order valence-corrected chi connectivity index (χ4v) is 3.19. The molecule has 6 heteroatoms. The van der Waals surface area contributed by atoms with Crippen LogP contribution in [0.5, 0.6) is 0 Å². The van der Waals surface area contributed by atoms with E-state index < -0.39 is 0 Å². The number of hydrogen-bond acceptors (Lipinski definition) is 4. The van der Waals surface area contributed by atoms with Crippen LogP contribution in [0.2, 0.25) is 0 Å². The molecule has 3 rings (SSSR count). The lowest BCUT2D eigenvalue weighted by Crippen LogP contribution is -2.32. The van der Waals surface area contributed by atoms with Gasteiger partial charge in [-0.05, 0) is 32.1 Å². The van der Waals surface area contributed by atoms with Crippen LogP contribution in [-0.4, -0.2) is 33.5 Å². The third-order valence-corrected chi connectivity index (χ3v) is 4.22. The fraction of sp³-hybridized carbons (Fsp3) is 0.692. The minimum Gasteiger partial charge on any atom is -0.389 e. The van der Waals surface area contributed by atoms with Gasteiger partial charge in [0, 0.05) is 13.7 Å². The summed E-state index contributed by atoms with van der Waals surface area (Å²) < 4.78 is 7.68. The zero-order valence-electron chi connectivity index (χ0n) is 11.3. The molecule has 104 valence electrons. The molecule has 1 aliphatic heterocycles. The first-order valence-corrected chi connectivity index (χ1v) is 7.20. The van der Waals surface area contributed by atoms with Crippen LogP contribution in [0.1, 0.15) is 30.5 Å². The molecule has 2 aliphatic rings. The first-order valence-electron chi connectivity index (χ1n) is 6.79. The van der Waals surface area contributed by atoms with E-state index in [1.54, 1.807) is 0 Å². The summed E-state index contributed by atoms with van der Waals surface area (Å²) in [6.07, 6.45) is 3.93. The lowest BCUT2D eigenvalue weighted by atomic mass is 10.1. The maximum Gasteiger partial charge on any atom is 0.134 e. The molecular weight excluding hydrogens is 260 g/mol. The average Bonchev–Trinajstić information content (AvgIpc) is 3.01. The predicted molar refractivity (Wildman–Crippen MR) is 78.3 cm³/mol. The Balaban J connectivity index is 1.84. The van der Waals surface area contributed by atoms with Crippen LogP contribution >= 0.6 is 12.2 Å². The van der Waals surface area contributed by atoms with Crippen LogP contribution in [0, 0.1) is 12.8 Å². The average molecular weight is 280 g/mol. The fourth-order valence-electron chi connectivity index (χ4n) is 2.95. The SMILES string of the molecule is Cc1nn(C)c(NC2CCOC2C2CC2)c1C(N)=S. The van der Waals surface area contributed by atoms with E-state index in [-0.39, 0.29) is 0 Å². The molecule has 1 aliphatic carbocycles. The molecule has 1 aromatic rings. The van der Waals surface area contributed by atoms with E-state index >= 15 is 0 Å². The van der Waals surface area contributed by atoms with Gasteiger partial charge in [-0.2, -0.15) is 5.10 Å². The van der Waals surface area contributed by atoms with Crippen molar-refractivity contribution in [3.63, 3.8) is 0 Å². The van der Waals surface area contributed by atoms with Crippen LogP contribution in [0.3, 0.4) is 0 Å². The van der Waals surface area contributed by atoms with Gasteiger partial charge in [0.05, 0.1) is 23.4 Å². The smallest absolute Gasteiger partial charge is 0.134 e. The first-order chi connectivity index (χ1) is 9.08. The second-order valence-corrected chi connectivity index (χ2v) is 5.95. The van der Waals surface area contributed by atoms with Gasteiger partial charge in [0.15, 0.2) is 0 Å². The molecule has 0 radical (unpaired) electrons. The summed E-state index contributed by atoms with van der Waals surface area (Å²) in [5.74, 6) is 1.65. The van der Waals surface area contributed by atoms with E-state index in [0.29, 0.717) is 17.1 Å². The minimum absolute atomic E-state index is 0.328. The first kappa shape index (κ1) is 12.9. The Hall–Kier alpha value is -1.14.